The number of nitrogens with zero attached hydrogens (tertiary/aromatic N) is 4. The zero-order chi connectivity index (χ0) is 13.9. The summed E-state index contributed by atoms with van der Waals surface area (Å²) in [5, 5.41) is 7.07. The van der Waals surface area contributed by atoms with Gasteiger partial charge in [-0.25, -0.2) is 14.4 Å². The molecule has 2 aromatic heterocycles. The van der Waals surface area contributed by atoms with Crippen LogP contribution in [0.5, 0.6) is 0 Å². The average molecular weight is 276 g/mol. The molecule has 0 unspecified atom stereocenters. The molecule has 7 heteroatoms. The number of aromatic amines is 1. The number of anilines is 1. The van der Waals surface area contributed by atoms with Crippen molar-refractivity contribution in [1.29, 1.82) is 0 Å². The first-order valence-electron chi connectivity index (χ1n) is 6.74. The molecule has 0 radical (unpaired) electrons. The molecular weight excluding hydrogens is 259 g/mol. The fourth-order valence-corrected chi connectivity index (χ4v) is 2.51. The number of piperidine rings is 1. The second kappa shape index (κ2) is 5.54. The zero-order valence-corrected chi connectivity index (χ0v) is 11.1. The van der Waals surface area contributed by atoms with Gasteiger partial charge in [0.05, 0.1) is 12.7 Å². The van der Waals surface area contributed by atoms with E-state index in [1.165, 1.54) is 12.3 Å². The summed E-state index contributed by atoms with van der Waals surface area (Å²) in [4.78, 5) is 10.7. The Morgan fingerprint density at radius 2 is 2.15 bits per heavy atom. The summed E-state index contributed by atoms with van der Waals surface area (Å²) in [5.74, 6) is 2.43. The number of nitrogens with two attached hydrogens (primary N) is 1. The molecule has 3 N–H and O–H groups in total. The van der Waals surface area contributed by atoms with Crippen molar-refractivity contribution in [3.8, 4) is 0 Å². The van der Waals surface area contributed by atoms with Crippen LogP contribution < -0.4 is 10.6 Å². The molecule has 0 saturated carbocycles. The van der Waals surface area contributed by atoms with E-state index in [2.05, 4.69) is 25.1 Å². The lowest BCUT2D eigenvalue weighted by atomic mass is 9.96. The topological polar surface area (TPSA) is 83.7 Å². The Morgan fingerprint density at radius 3 is 2.75 bits per heavy atom. The first-order valence-corrected chi connectivity index (χ1v) is 6.74. The van der Waals surface area contributed by atoms with Crippen LogP contribution in [0.15, 0.2) is 18.3 Å². The summed E-state index contributed by atoms with van der Waals surface area (Å²) >= 11 is 0. The molecule has 0 aliphatic carbocycles. The van der Waals surface area contributed by atoms with Crippen LogP contribution in [0.1, 0.15) is 30.4 Å². The first kappa shape index (κ1) is 13.0. The van der Waals surface area contributed by atoms with Crippen LogP contribution in [0.25, 0.3) is 0 Å². The summed E-state index contributed by atoms with van der Waals surface area (Å²) in [6.07, 6.45) is 3.17. The molecule has 1 fully saturated rings. The lowest BCUT2D eigenvalue weighted by Gasteiger charge is -2.31. The Kier molecular flexibility index (Phi) is 3.60. The highest BCUT2D eigenvalue weighted by atomic mass is 19.1. The summed E-state index contributed by atoms with van der Waals surface area (Å²) in [7, 11) is 0. The van der Waals surface area contributed by atoms with Crippen molar-refractivity contribution >= 4 is 5.82 Å². The molecule has 0 amide bonds. The predicted octanol–water partition coefficient (Wildman–Crippen LogP) is 1.18. The van der Waals surface area contributed by atoms with E-state index in [9.17, 15) is 4.39 Å². The third kappa shape index (κ3) is 2.62. The molecule has 3 rings (SSSR count). The summed E-state index contributed by atoms with van der Waals surface area (Å²) < 4.78 is 12.9. The number of hydrogen-bond acceptors (Lipinski definition) is 5. The van der Waals surface area contributed by atoms with E-state index in [1.807, 2.05) is 0 Å². The van der Waals surface area contributed by atoms with Gasteiger partial charge in [-0.2, -0.15) is 5.10 Å². The molecule has 20 heavy (non-hydrogen) atoms. The van der Waals surface area contributed by atoms with Crippen LogP contribution >= 0.6 is 0 Å². The Balaban J connectivity index is 1.63. The summed E-state index contributed by atoms with van der Waals surface area (Å²) in [5.41, 5.74) is 5.52. The molecule has 106 valence electrons. The number of hydrogen-bond donors (Lipinski definition) is 2. The van der Waals surface area contributed by atoms with Crippen molar-refractivity contribution in [1.82, 2.24) is 20.2 Å². The van der Waals surface area contributed by atoms with Gasteiger partial charge in [0, 0.05) is 19.0 Å². The maximum atomic E-state index is 12.9. The Labute approximate surface area is 116 Å². The molecule has 3 heterocycles. The molecule has 0 atom stereocenters. The van der Waals surface area contributed by atoms with Gasteiger partial charge in [0.1, 0.15) is 17.5 Å². The standard InChI is InChI=1S/C13H17FN6/c14-10-1-2-12(16-8-10)20-5-3-9(4-6-20)13-17-11(7-15)18-19-13/h1-2,8-9H,3-7,15H2,(H,17,18,19). The summed E-state index contributed by atoms with van der Waals surface area (Å²) in [6.45, 7) is 2.12. The molecule has 1 saturated heterocycles. The molecule has 1 aliphatic heterocycles. The number of H-pyrrole nitrogens is 1. The van der Waals surface area contributed by atoms with E-state index in [4.69, 9.17) is 5.73 Å². The number of aromatic nitrogens is 4. The van der Waals surface area contributed by atoms with Crippen LogP contribution in [-0.4, -0.2) is 33.3 Å². The van der Waals surface area contributed by atoms with Crippen LogP contribution in [0.4, 0.5) is 10.2 Å². The Morgan fingerprint density at radius 1 is 1.35 bits per heavy atom. The van der Waals surface area contributed by atoms with Gasteiger partial charge in [-0.1, -0.05) is 0 Å². The number of rotatable bonds is 3. The normalized spacial score (nSPS) is 16.6. The first-order chi connectivity index (χ1) is 9.76. The molecule has 0 bridgehead atoms. The Bertz CT molecular complexity index is 558. The maximum absolute atomic E-state index is 12.9. The SMILES string of the molecule is NCc1nc(C2CCN(c3ccc(F)cn3)CC2)n[nH]1. The molecule has 1 aliphatic rings. The van der Waals surface area contributed by atoms with E-state index in [-0.39, 0.29) is 5.82 Å². The van der Waals surface area contributed by atoms with Crippen LogP contribution in [-0.2, 0) is 6.54 Å². The largest absolute Gasteiger partial charge is 0.357 e. The lowest BCUT2D eigenvalue weighted by molar-refractivity contribution is 0.484. The molecule has 0 spiro atoms. The molecular formula is C13H17FN6. The minimum atomic E-state index is -0.307. The average Bonchev–Trinajstić information content (AvgIpc) is 2.97. The van der Waals surface area contributed by atoms with E-state index in [1.54, 1.807) is 6.07 Å². The van der Waals surface area contributed by atoms with Crippen molar-refractivity contribution in [3.63, 3.8) is 0 Å². The van der Waals surface area contributed by atoms with Gasteiger partial charge in [-0.05, 0) is 25.0 Å². The van der Waals surface area contributed by atoms with Crippen molar-refractivity contribution < 1.29 is 4.39 Å². The minimum absolute atomic E-state index is 0.307. The summed E-state index contributed by atoms with van der Waals surface area (Å²) in [6, 6.07) is 3.16. The fourth-order valence-electron chi connectivity index (χ4n) is 2.51. The van der Waals surface area contributed by atoms with Gasteiger partial charge < -0.3 is 10.6 Å². The Hall–Kier alpha value is -2.02. The van der Waals surface area contributed by atoms with Crippen LogP contribution in [0.2, 0.25) is 0 Å². The highest BCUT2D eigenvalue weighted by molar-refractivity contribution is 5.38. The zero-order valence-electron chi connectivity index (χ0n) is 11.1. The van der Waals surface area contributed by atoms with Crippen molar-refractivity contribution in [2.45, 2.75) is 25.3 Å². The van der Waals surface area contributed by atoms with Crippen LogP contribution in [0, 0.1) is 5.82 Å². The molecule has 0 aromatic carbocycles. The van der Waals surface area contributed by atoms with Gasteiger partial charge in [-0.3, -0.25) is 5.10 Å². The lowest BCUT2D eigenvalue weighted by Crippen LogP contribution is -2.33. The van der Waals surface area contributed by atoms with Crippen molar-refractivity contribution in [2.75, 3.05) is 18.0 Å². The van der Waals surface area contributed by atoms with Gasteiger partial charge in [0.15, 0.2) is 5.82 Å². The van der Waals surface area contributed by atoms with Crippen molar-refractivity contribution in [2.24, 2.45) is 5.73 Å². The quantitative estimate of drug-likeness (QED) is 0.879. The van der Waals surface area contributed by atoms with E-state index < -0.39 is 0 Å². The molecule has 6 nitrogen and oxygen atoms in total. The number of pyridine rings is 1. The second-order valence-corrected chi connectivity index (χ2v) is 4.94. The van der Waals surface area contributed by atoms with Gasteiger partial charge in [0.2, 0.25) is 0 Å². The number of halogens is 1. The van der Waals surface area contributed by atoms with E-state index in [0.717, 1.165) is 43.4 Å². The van der Waals surface area contributed by atoms with E-state index in [0.29, 0.717) is 12.5 Å². The second-order valence-electron chi connectivity index (χ2n) is 4.94. The third-order valence-electron chi connectivity index (χ3n) is 3.64. The van der Waals surface area contributed by atoms with E-state index >= 15 is 0 Å². The maximum Gasteiger partial charge on any atom is 0.153 e. The fraction of sp³-hybridized carbons (Fsp3) is 0.462. The highest BCUT2D eigenvalue weighted by Crippen LogP contribution is 2.27. The predicted molar refractivity (Wildman–Crippen MR) is 72.7 cm³/mol. The molecule has 2 aromatic rings. The van der Waals surface area contributed by atoms with Gasteiger partial charge >= 0.3 is 0 Å². The smallest absolute Gasteiger partial charge is 0.153 e. The highest BCUT2D eigenvalue weighted by Gasteiger charge is 2.24. The van der Waals surface area contributed by atoms with Crippen molar-refractivity contribution in [3.05, 3.63) is 35.8 Å². The monoisotopic (exact) mass is 276 g/mol. The van der Waals surface area contributed by atoms with Crippen LogP contribution in [0.3, 0.4) is 0 Å². The van der Waals surface area contributed by atoms with Gasteiger partial charge in [0.25, 0.3) is 0 Å². The minimum Gasteiger partial charge on any atom is -0.357 e. The van der Waals surface area contributed by atoms with Gasteiger partial charge in [-0.15, -0.1) is 0 Å². The number of nitrogens with one attached hydrogen (secondary N) is 1. The third-order valence-corrected chi connectivity index (χ3v) is 3.64.